The third-order valence-corrected chi connectivity index (χ3v) is 11.0. The molecule has 0 radical (unpaired) electrons. The minimum atomic E-state index is -1.91. The van der Waals surface area contributed by atoms with Crippen LogP contribution in [-0.2, 0) is 62.3 Å². The number of nitrogens with one attached hydrogen (secondary N) is 8. The predicted octanol–water partition coefficient (Wildman–Crippen LogP) is -6.19. The highest BCUT2D eigenvalue weighted by Crippen LogP contribution is 2.18. The molecule has 10 atom stereocenters. The first-order chi connectivity index (χ1) is 32.7. The molecule has 1 fully saturated rings. The number of carbonyl (C=O) groups is 13. The summed E-state index contributed by atoms with van der Waals surface area (Å²) < 4.78 is 0. The second-order valence-corrected chi connectivity index (χ2v) is 16.8. The first kappa shape index (κ1) is 61.0. The van der Waals surface area contributed by atoms with E-state index in [1.54, 1.807) is 6.92 Å². The van der Waals surface area contributed by atoms with E-state index in [0.717, 1.165) is 11.8 Å². The van der Waals surface area contributed by atoms with Crippen LogP contribution in [0.4, 0.5) is 0 Å². The molecule has 1 heterocycles. The van der Waals surface area contributed by atoms with Crippen LogP contribution < -0.4 is 48.3 Å². The van der Waals surface area contributed by atoms with E-state index in [-0.39, 0.29) is 19.4 Å². The molecule has 1 saturated heterocycles. The van der Waals surface area contributed by atoms with E-state index < -0.39 is 195 Å². The fourth-order valence-corrected chi connectivity index (χ4v) is 6.80. The lowest BCUT2D eigenvalue weighted by Gasteiger charge is -2.31. The van der Waals surface area contributed by atoms with Crippen LogP contribution in [0, 0.1) is 11.8 Å². The van der Waals surface area contributed by atoms with Crippen molar-refractivity contribution in [3.05, 3.63) is 0 Å². The smallest absolute Gasteiger partial charge is 0.326 e. The third-order valence-electron chi connectivity index (χ3n) is 11.0. The molecule has 0 aromatic rings. The van der Waals surface area contributed by atoms with E-state index in [1.165, 1.54) is 20.8 Å². The topological polar surface area (TPSA) is 469 Å². The summed E-state index contributed by atoms with van der Waals surface area (Å²) in [4.78, 5) is 166. The number of carboxylic acids is 4. The Hall–Kier alpha value is -7.01. The van der Waals surface area contributed by atoms with E-state index in [4.69, 9.17) is 10.8 Å². The molecule has 0 unspecified atom stereocenters. The Labute approximate surface area is 401 Å². The Morgan fingerprint density at radius 1 is 0.614 bits per heavy atom. The molecule has 9 amide bonds. The van der Waals surface area contributed by atoms with Crippen molar-refractivity contribution >= 4 is 77.0 Å². The normalized spacial score (nSPS) is 17.0. The van der Waals surface area contributed by atoms with Crippen LogP contribution >= 0.6 is 0 Å². The van der Waals surface area contributed by atoms with E-state index in [9.17, 15) is 87.9 Å². The maximum Gasteiger partial charge on any atom is 0.326 e. The number of rotatable bonds is 31. The number of hydrogen-bond acceptors (Lipinski definition) is 16. The van der Waals surface area contributed by atoms with Crippen molar-refractivity contribution in [1.82, 2.24) is 47.4 Å². The molecule has 29 heteroatoms. The van der Waals surface area contributed by atoms with Gasteiger partial charge in [0.2, 0.25) is 53.2 Å². The Morgan fingerprint density at radius 2 is 1.11 bits per heavy atom. The van der Waals surface area contributed by atoms with Gasteiger partial charge in [-0.25, -0.2) is 4.79 Å². The Morgan fingerprint density at radius 3 is 1.59 bits per heavy atom. The average Bonchev–Trinajstić information content (AvgIpc) is 3.79. The summed E-state index contributed by atoms with van der Waals surface area (Å²) in [6, 6.07) is -13.0. The van der Waals surface area contributed by atoms with Gasteiger partial charge >= 0.3 is 23.9 Å². The number of amides is 9. The molecule has 1 aliphatic rings. The van der Waals surface area contributed by atoms with Crippen LogP contribution in [0.25, 0.3) is 0 Å². The van der Waals surface area contributed by atoms with Crippen LogP contribution in [0.3, 0.4) is 0 Å². The summed E-state index contributed by atoms with van der Waals surface area (Å²) in [6.45, 7) is 5.22. The van der Waals surface area contributed by atoms with Gasteiger partial charge in [-0.1, -0.05) is 34.1 Å². The lowest BCUT2D eigenvalue weighted by Crippen LogP contribution is -2.62. The van der Waals surface area contributed by atoms with Crippen molar-refractivity contribution < 1.29 is 93.0 Å². The van der Waals surface area contributed by atoms with Crippen LogP contribution in [0.5, 0.6) is 0 Å². The number of carboxylic acid groups (broad SMARTS) is 4. The monoisotopic (exact) mass is 1000 g/mol. The number of nitrogens with two attached hydrogens (primary N) is 1. The summed E-state index contributed by atoms with van der Waals surface area (Å²) in [5.74, 6) is -16.7. The van der Waals surface area contributed by atoms with Gasteiger partial charge in [0.15, 0.2) is 0 Å². The first-order valence-electron chi connectivity index (χ1n) is 22.2. The Kier molecular flexibility index (Phi) is 26.0. The molecule has 0 aromatic heterocycles. The molecule has 70 heavy (non-hydrogen) atoms. The maximum absolute atomic E-state index is 14.0. The molecule has 1 aliphatic heterocycles. The van der Waals surface area contributed by atoms with Gasteiger partial charge in [-0.05, 0) is 44.4 Å². The lowest BCUT2D eigenvalue weighted by atomic mass is 9.96. The largest absolute Gasteiger partial charge is 0.481 e. The van der Waals surface area contributed by atoms with E-state index in [0.29, 0.717) is 6.42 Å². The van der Waals surface area contributed by atoms with Gasteiger partial charge < -0.3 is 83.8 Å². The molecule has 0 aliphatic carbocycles. The number of likely N-dealkylation sites (tertiary alicyclic amines) is 1. The Balaban J connectivity index is 3.34. The van der Waals surface area contributed by atoms with Gasteiger partial charge in [0, 0.05) is 19.4 Å². The number of carbonyl (C=O) groups excluding carboxylic acids is 9. The molecule has 0 bridgehead atoms. The number of hydrogen-bond donors (Lipinski definition) is 15. The molecule has 0 saturated carbocycles. The van der Waals surface area contributed by atoms with Gasteiger partial charge in [-0.3, -0.25) is 57.5 Å². The van der Waals surface area contributed by atoms with Gasteiger partial charge in [-0.15, -0.1) is 0 Å². The molecule has 1 rings (SSSR count). The minimum absolute atomic E-state index is 0.0459. The summed E-state index contributed by atoms with van der Waals surface area (Å²) in [6.07, 6.45) is -4.80. The van der Waals surface area contributed by atoms with E-state index >= 15 is 0 Å². The van der Waals surface area contributed by atoms with E-state index in [1.807, 2.05) is 5.32 Å². The van der Waals surface area contributed by atoms with Gasteiger partial charge in [0.1, 0.15) is 48.3 Å². The lowest BCUT2D eigenvalue weighted by molar-refractivity contribution is -0.147. The number of aliphatic carboxylic acids is 4. The summed E-state index contributed by atoms with van der Waals surface area (Å²) in [7, 11) is 0. The highest BCUT2D eigenvalue weighted by atomic mass is 16.4. The zero-order valence-corrected chi connectivity index (χ0v) is 39.4. The van der Waals surface area contributed by atoms with Crippen LogP contribution in [-0.4, -0.2) is 193 Å². The molecule has 16 N–H and O–H groups in total. The maximum atomic E-state index is 14.0. The van der Waals surface area contributed by atoms with Gasteiger partial charge in [-0.2, -0.15) is 0 Å². The zero-order chi connectivity index (χ0) is 53.6. The summed E-state index contributed by atoms with van der Waals surface area (Å²) in [5.41, 5.74) is 5.21. The predicted molar refractivity (Wildman–Crippen MR) is 237 cm³/mol. The Bertz CT molecular complexity index is 1930. The second kappa shape index (κ2) is 29.8. The molecule has 0 spiro atoms. The molecular formula is C41H66N10O19. The van der Waals surface area contributed by atoms with Gasteiger partial charge in [0.05, 0.1) is 32.2 Å². The minimum Gasteiger partial charge on any atom is -0.481 e. The van der Waals surface area contributed by atoms with Crippen molar-refractivity contribution in [1.29, 1.82) is 0 Å². The molecule has 0 aromatic carbocycles. The molecule has 394 valence electrons. The van der Waals surface area contributed by atoms with Crippen molar-refractivity contribution in [2.75, 3.05) is 26.2 Å². The quantitative estimate of drug-likeness (QED) is 0.0307. The zero-order valence-electron chi connectivity index (χ0n) is 39.4. The third kappa shape index (κ3) is 20.3. The number of aliphatic hydroxyl groups is 2. The fourth-order valence-electron chi connectivity index (χ4n) is 6.80. The van der Waals surface area contributed by atoms with Crippen LogP contribution in [0.1, 0.15) is 86.0 Å². The van der Waals surface area contributed by atoms with Crippen molar-refractivity contribution in [2.24, 2.45) is 17.6 Å². The summed E-state index contributed by atoms with van der Waals surface area (Å²) >= 11 is 0. The molecular weight excluding hydrogens is 937 g/mol. The molecule has 29 nitrogen and oxygen atoms in total. The van der Waals surface area contributed by atoms with Crippen molar-refractivity contribution in [3.63, 3.8) is 0 Å². The van der Waals surface area contributed by atoms with Crippen molar-refractivity contribution in [3.8, 4) is 0 Å². The van der Waals surface area contributed by atoms with Crippen molar-refractivity contribution in [2.45, 2.75) is 140 Å². The SMILES string of the molecule is CC[C@H](C)[C@H](NC(=O)[C@@H](NC(=O)[C@@H]1CCCN1C(=O)CNC(=O)[C@H](CO)NC(=O)CN)[C@@H](C)O)C(=O)N[C@@H](CCC(=O)O)C(=O)N[C@@H](CCC(=O)O)C(=O)N[C@H](C(=O)N[C@@H](CC(=O)O)C(=O)O)C(C)C. The highest BCUT2D eigenvalue weighted by Gasteiger charge is 2.40. The van der Waals surface area contributed by atoms with Gasteiger partial charge in [0.25, 0.3) is 0 Å². The second-order valence-electron chi connectivity index (χ2n) is 16.8. The summed E-state index contributed by atoms with van der Waals surface area (Å²) in [5, 5.41) is 75.5. The average molecular weight is 1000 g/mol. The van der Waals surface area contributed by atoms with Crippen LogP contribution in [0.15, 0.2) is 0 Å². The fraction of sp³-hybridized carbons (Fsp3) is 0.683. The number of aliphatic hydroxyl groups excluding tert-OH is 2. The highest BCUT2D eigenvalue weighted by molar-refractivity contribution is 5.98. The first-order valence-corrected chi connectivity index (χ1v) is 22.2. The number of nitrogens with zero attached hydrogens (tertiary/aromatic N) is 1. The standard InChI is InChI=1S/C41H66N10O19/c1-6-19(4)32(49-40(68)33(20(5)53)50-37(65)25-8-7-13-51(25)27(55)16-43-34(62)24(17-52)44-26(54)15-42)39(67)46-21(9-11-28(56)57)35(63)45-22(10-12-29(58)59)36(64)48-31(18(2)3)38(66)47-23(41(69)70)14-30(60)61/h18-25,31-33,52-53H,6-17,42H2,1-5H3,(H,43,62)(H,44,54)(H,45,63)(H,46,67)(H,47,66)(H,48,64)(H,49,68)(H,50,65)(H,56,57)(H,58,59)(H,60,61)(H,69,70)/t19-,20+,21-,22-,23-,24-,25-,31-,32-,33-/m0/s1. The van der Waals surface area contributed by atoms with Crippen LogP contribution in [0.2, 0.25) is 0 Å². The van der Waals surface area contributed by atoms with E-state index in [2.05, 4.69) is 37.2 Å².